The maximum Gasteiger partial charge on any atom is 0.333 e. The Morgan fingerprint density at radius 3 is 2.09 bits per heavy atom. The lowest BCUT2D eigenvalue weighted by Crippen LogP contribution is -2.12. The van der Waals surface area contributed by atoms with Crippen LogP contribution in [0.15, 0.2) is 36.0 Å². The monoisotopic (exact) mass is 466 g/mol. The van der Waals surface area contributed by atoms with Crippen LogP contribution >= 0.6 is 0 Å². The normalized spacial score (nSPS) is 12.3. The first-order valence-electron chi connectivity index (χ1n) is 12.3. The van der Waals surface area contributed by atoms with Crippen LogP contribution in [0.1, 0.15) is 98.8 Å². The topological polar surface area (TPSA) is 89.9 Å². The summed E-state index contributed by atoms with van der Waals surface area (Å²) in [5, 5.41) is 8.91. The van der Waals surface area contributed by atoms with Gasteiger partial charge in [0.05, 0.1) is 13.2 Å². The molecule has 0 saturated heterocycles. The smallest absolute Gasteiger partial charge is 0.333 e. The fourth-order valence-corrected chi connectivity index (χ4v) is 2.88. The number of hydrogen-bond donors (Lipinski definition) is 1. The van der Waals surface area contributed by atoms with Crippen molar-refractivity contribution < 1.29 is 29.0 Å². The summed E-state index contributed by atoms with van der Waals surface area (Å²) in [6, 6.07) is 0. The Balaban J connectivity index is 0. The summed E-state index contributed by atoms with van der Waals surface area (Å²) < 4.78 is 10.2. The zero-order valence-electron chi connectivity index (χ0n) is 21.5. The molecule has 0 aliphatic carbocycles. The number of unbranched alkanes of at least 4 members (excludes halogenated alkanes) is 4. The van der Waals surface area contributed by atoms with Gasteiger partial charge in [-0.2, -0.15) is 0 Å². The van der Waals surface area contributed by atoms with Gasteiger partial charge in [0.25, 0.3) is 0 Å². The van der Waals surface area contributed by atoms with Gasteiger partial charge in [0, 0.05) is 17.2 Å². The molecule has 0 aromatic rings. The van der Waals surface area contributed by atoms with Crippen LogP contribution in [0.5, 0.6) is 0 Å². The van der Waals surface area contributed by atoms with Crippen molar-refractivity contribution in [1.29, 1.82) is 0 Å². The van der Waals surface area contributed by atoms with E-state index in [4.69, 9.17) is 14.6 Å². The van der Waals surface area contributed by atoms with E-state index in [2.05, 4.69) is 27.4 Å². The summed E-state index contributed by atoms with van der Waals surface area (Å²) >= 11 is 0. The van der Waals surface area contributed by atoms with Crippen molar-refractivity contribution >= 4 is 17.9 Å². The van der Waals surface area contributed by atoms with Crippen LogP contribution in [0, 0.1) is 5.92 Å². The molecule has 0 rings (SSSR count). The van der Waals surface area contributed by atoms with Crippen molar-refractivity contribution in [3.8, 4) is 0 Å². The third-order valence-corrected chi connectivity index (χ3v) is 5.24. The van der Waals surface area contributed by atoms with Gasteiger partial charge in [0.2, 0.25) is 0 Å². The van der Waals surface area contributed by atoms with E-state index in [-0.39, 0.29) is 23.9 Å². The molecule has 0 aliphatic rings. The van der Waals surface area contributed by atoms with E-state index in [1.807, 2.05) is 6.92 Å². The van der Waals surface area contributed by atoms with Crippen molar-refractivity contribution in [3.05, 3.63) is 36.0 Å². The Kier molecular flexibility index (Phi) is 22.7. The average molecular weight is 467 g/mol. The summed E-state index contributed by atoms with van der Waals surface area (Å²) in [5.41, 5.74) is 0.827. The van der Waals surface area contributed by atoms with Gasteiger partial charge in [0.1, 0.15) is 0 Å². The van der Waals surface area contributed by atoms with Gasteiger partial charge in [-0.25, -0.2) is 14.4 Å². The van der Waals surface area contributed by atoms with Crippen LogP contribution < -0.4 is 0 Å². The second kappa shape index (κ2) is 22.8. The van der Waals surface area contributed by atoms with Gasteiger partial charge in [0.15, 0.2) is 0 Å². The van der Waals surface area contributed by atoms with Crippen LogP contribution in [0.4, 0.5) is 0 Å². The fraction of sp³-hybridized carbons (Fsp3) is 0.667. The van der Waals surface area contributed by atoms with Crippen LogP contribution in [-0.4, -0.2) is 36.2 Å². The number of ether oxygens (including phenoxy) is 2. The first-order chi connectivity index (χ1) is 15.8. The zero-order valence-corrected chi connectivity index (χ0v) is 21.5. The minimum atomic E-state index is -0.952. The predicted octanol–water partition coefficient (Wildman–Crippen LogP) is 6.80. The van der Waals surface area contributed by atoms with E-state index in [9.17, 15) is 14.4 Å². The van der Waals surface area contributed by atoms with Crippen molar-refractivity contribution in [1.82, 2.24) is 0 Å². The van der Waals surface area contributed by atoms with Crippen molar-refractivity contribution in [2.24, 2.45) is 5.92 Å². The SMILES string of the molecule is C=CC(=O)OCC(CC)CCCC.CC=C(CC=C(CC)C(=O)OCCCCCC)C(=O)O. The minimum absolute atomic E-state index is 0.250. The highest BCUT2D eigenvalue weighted by atomic mass is 16.5. The maximum atomic E-state index is 11.8. The molecule has 190 valence electrons. The molecule has 1 unspecified atom stereocenters. The lowest BCUT2D eigenvalue weighted by atomic mass is 10.0. The molecule has 0 fully saturated rings. The van der Waals surface area contributed by atoms with Gasteiger partial charge in [-0.1, -0.05) is 85.0 Å². The maximum absolute atomic E-state index is 11.8. The molecule has 0 bridgehead atoms. The molecule has 0 aliphatic heterocycles. The molecule has 0 aromatic heterocycles. The Morgan fingerprint density at radius 1 is 0.939 bits per heavy atom. The van der Waals surface area contributed by atoms with Crippen LogP contribution in [0.2, 0.25) is 0 Å². The second-order valence-electron chi connectivity index (χ2n) is 7.85. The largest absolute Gasteiger partial charge is 0.478 e. The first kappa shape index (κ1) is 32.8. The predicted molar refractivity (Wildman–Crippen MR) is 134 cm³/mol. The molecule has 0 saturated carbocycles. The molecule has 0 radical (unpaired) electrons. The number of carbonyl (C=O) groups excluding carboxylic acids is 2. The highest BCUT2D eigenvalue weighted by Crippen LogP contribution is 2.13. The average Bonchev–Trinajstić information content (AvgIpc) is 2.81. The highest BCUT2D eigenvalue weighted by molar-refractivity contribution is 5.90. The van der Waals surface area contributed by atoms with Gasteiger partial charge in [-0.3, -0.25) is 0 Å². The van der Waals surface area contributed by atoms with Crippen molar-refractivity contribution in [2.75, 3.05) is 13.2 Å². The van der Waals surface area contributed by atoms with Crippen molar-refractivity contribution in [3.63, 3.8) is 0 Å². The molecule has 6 nitrogen and oxygen atoms in total. The zero-order chi connectivity index (χ0) is 25.5. The molecule has 0 spiro atoms. The van der Waals surface area contributed by atoms with Crippen LogP contribution in [0.3, 0.4) is 0 Å². The Bertz CT molecular complexity index is 618. The molecular formula is C27H46O6. The summed E-state index contributed by atoms with van der Waals surface area (Å²) in [5.74, 6) is -1.07. The third-order valence-electron chi connectivity index (χ3n) is 5.24. The first-order valence-corrected chi connectivity index (χ1v) is 12.3. The number of allylic oxidation sites excluding steroid dienone is 2. The number of esters is 2. The van der Waals surface area contributed by atoms with E-state index >= 15 is 0 Å². The number of carboxylic acid groups (broad SMARTS) is 1. The molecule has 1 atom stereocenters. The summed E-state index contributed by atoms with van der Waals surface area (Å²) in [6.07, 6.45) is 14.1. The number of carbonyl (C=O) groups is 3. The van der Waals surface area contributed by atoms with E-state index in [0.717, 1.165) is 38.5 Å². The number of rotatable bonds is 17. The number of hydrogen-bond acceptors (Lipinski definition) is 5. The van der Waals surface area contributed by atoms with Crippen molar-refractivity contribution in [2.45, 2.75) is 98.8 Å². The summed E-state index contributed by atoms with van der Waals surface area (Å²) in [7, 11) is 0. The van der Waals surface area contributed by atoms with E-state index in [1.54, 1.807) is 19.1 Å². The van der Waals surface area contributed by atoms with E-state index in [0.29, 0.717) is 31.1 Å². The molecular weight excluding hydrogens is 420 g/mol. The molecule has 0 amide bonds. The summed E-state index contributed by atoms with van der Waals surface area (Å²) in [4.78, 5) is 33.4. The highest BCUT2D eigenvalue weighted by Gasteiger charge is 2.11. The van der Waals surface area contributed by atoms with Gasteiger partial charge in [-0.05, 0) is 38.5 Å². The van der Waals surface area contributed by atoms with Gasteiger partial charge >= 0.3 is 17.9 Å². The summed E-state index contributed by atoms with van der Waals surface area (Å²) in [6.45, 7) is 14.3. The van der Waals surface area contributed by atoms with Crippen LogP contribution in [0.25, 0.3) is 0 Å². The van der Waals surface area contributed by atoms with Crippen LogP contribution in [-0.2, 0) is 23.9 Å². The quantitative estimate of drug-likeness (QED) is 0.144. The van der Waals surface area contributed by atoms with Gasteiger partial charge in [-0.15, -0.1) is 0 Å². The molecule has 33 heavy (non-hydrogen) atoms. The molecule has 0 heterocycles. The molecule has 0 aromatic carbocycles. The minimum Gasteiger partial charge on any atom is -0.478 e. The fourth-order valence-electron chi connectivity index (χ4n) is 2.88. The van der Waals surface area contributed by atoms with E-state index < -0.39 is 5.97 Å². The lowest BCUT2D eigenvalue weighted by molar-refractivity contribution is -0.140. The Morgan fingerprint density at radius 2 is 1.61 bits per heavy atom. The Labute approximate surface area is 201 Å². The van der Waals surface area contributed by atoms with E-state index in [1.165, 1.54) is 18.9 Å². The Hall–Kier alpha value is -2.37. The lowest BCUT2D eigenvalue weighted by Gasteiger charge is -2.13. The standard InChI is InChI=1S/C16H26O4.C11H20O2/c1-4-7-8-9-12-20-16(19)14(6-3)11-10-13(5-2)15(17)18;1-4-7-8-10(5-2)9-13-11(12)6-3/h5,11H,4,6-10,12H2,1-3H3,(H,17,18);6,10H,3-5,7-9H2,1-2H3. The van der Waals surface area contributed by atoms with Gasteiger partial charge < -0.3 is 14.6 Å². The number of aliphatic carboxylic acids is 1. The number of carboxylic acids is 1. The third kappa shape index (κ3) is 18.9. The molecule has 6 heteroatoms. The second-order valence-corrected chi connectivity index (χ2v) is 7.85. The molecule has 1 N–H and O–H groups in total.